The molecule has 0 aliphatic heterocycles. The van der Waals surface area contributed by atoms with Crippen molar-refractivity contribution in [2.75, 3.05) is 6.54 Å². The second-order valence-corrected chi connectivity index (χ2v) is 7.95. The van der Waals surface area contributed by atoms with Gasteiger partial charge in [-0.2, -0.15) is 0 Å². The van der Waals surface area contributed by atoms with Crippen LogP contribution in [0.4, 0.5) is 4.39 Å². The molecular weight excluding hydrogens is 399 g/mol. The SMILES string of the molecule is CC(C)(F)CNCc1ccc2nc(CNC(=O)c3cc(=O)n4ccccc4n3)cn2c1. The zero-order valence-corrected chi connectivity index (χ0v) is 17.3. The highest BCUT2D eigenvalue weighted by Gasteiger charge is 2.14. The summed E-state index contributed by atoms with van der Waals surface area (Å²) in [5.41, 5.74) is 1.28. The van der Waals surface area contributed by atoms with Crippen LogP contribution < -0.4 is 16.2 Å². The van der Waals surface area contributed by atoms with Crippen molar-refractivity contribution in [3.63, 3.8) is 0 Å². The molecule has 0 aliphatic carbocycles. The van der Waals surface area contributed by atoms with Gasteiger partial charge in [-0.1, -0.05) is 12.1 Å². The second-order valence-electron chi connectivity index (χ2n) is 7.95. The Morgan fingerprint density at radius 2 is 1.94 bits per heavy atom. The number of hydrogen-bond acceptors (Lipinski definition) is 5. The van der Waals surface area contributed by atoms with Crippen LogP contribution in [0.15, 0.2) is 59.8 Å². The number of hydrogen-bond donors (Lipinski definition) is 2. The van der Waals surface area contributed by atoms with Crippen LogP contribution in [0, 0.1) is 0 Å². The average molecular weight is 422 g/mol. The Morgan fingerprint density at radius 1 is 1.10 bits per heavy atom. The number of nitrogens with zero attached hydrogens (tertiary/aromatic N) is 4. The molecule has 0 unspecified atom stereocenters. The molecule has 31 heavy (non-hydrogen) atoms. The number of pyridine rings is 2. The Bertz CT molecular complexity index is 1300. The molecule has 4 heterocycles. The molecule has 2 N–H and O–H groups in total. The van der Waals surface area contributed by atoms with Gasteiger partial charge < -0.3 is 15.0 Å². The molecule has 0 spiro atoms. The molecular formula is C22H23FN6O2. The summed E-state index contributed by atoms with van der Waals surface area (Å²) in [5.74, 6) is -0.445. The Labute approximate surface area is 177 Å². The van der Waals surface area contributed by atoms with Gasteiger partial charge in [0.15, 0.2) is 0 Å². The van der Waals surface area contributed by atoms with E-state index in [-0.39, 0.29) is 24.3 Å². The smallest absolute Gasteiger partial charge is 0.270 e. The highest BCUT2D eigenvalue weighted by atomic mass is 19.1. The van der Waals surface area contributed by atoms with Crippen molar-refractivity contribution >= 4 is 17.2 Å². The van der Waals surface area contributed by atoms with Gasteiger partial charge in [0.25, 0.3) is 11.5 Å². The average Bonchev–Trinajstić information content (AvgIpc) is 3.13. The number of imidazole rings is 1. The largest absolute Gasteiger partial charge is 0.345 e. The summed E-state index contributed by atoms with van der Waals surface area (Å²) in [6.07, 6.45) is 5.34. The second kappa shape index (κ2) is 8.27. The van der Waals surface area contributed by atoms with E-state index < -0.39 is 11.6 Å². The number of carbonyl (C=O) groups excluding carboxylic acids is 1. The third kappa shape index (κ3) is 4.95. The maximum atomic E-state index is 13.6. The van der Waals surface area contributed by atoms with E-state index in [2.05, 4.69) is 20.6 Å². The molecule has 160 valence electrons. The molecule has 4 aromatic rings. The van der Waals surface area contributed by atoms with Gasteiger partial charge in [-0.15, -0.1) is 0 Å². The minimum absolute atomic E-state index is 0.0594. The van der Waals surface area contributed by atoms with Crippen molar-refractivity contribution < 1.29 is 9.18 Å². The van der Waals surface area contributed by atoms with Crippen molar-refractivity contribution in [3.8, 4) is 0 Å². The molecule has 9 heteroatoms. The first kappa shape index (κ1) is 20.7. The molecule has 4 rings (SSSR count). The first-order valence-electron chi connectivity index (χ1n) is 9.91. The van der Waals surface area contributed by atoms with Crippen molar-refractivity contribution in [2.45, 2.75) is 32.6 Å². The first-order chi connectivity index (χ1) is 14.8. The fourth-order valence-corrected chi connectivity index (χ4v) is 3.22. The zero-order chi connectivity index (χ0) is 22.0. The summed E-state index contributed by atoms with van der Waals surface area (Å²) in [4.78, 5) is 33.4. The van der Waals surface area contributed by atoms with Gasteiger partial charge in [0.05, 0.1) is 12.2 Å². The number of fused-ring (bicyclic) bond motifs is 2. The van der Waals surface area contributed by atoms with Gasteiger partial charge in [-0.25, -0.2) is 14.4 Å². The lowest BCUT2D eigenvalue weighted by atomic mass is 10.1. The predicted octanol–water partition coefficient (Wildman–Crippen LogP) is 2.11. The van der Waals surface area contributed by atoms with Gasteiger partial charge in [0.2, 0.25) is 0 Å². The minimum atomic E-state index is -1.27. The van der Waals surface area contributed by atoms with Gasteiger partial charge in [-0.05, 0) is 37.6 Å². The summed E-state index contributed by atoms with van der Waals surface area (Å²) < 4.78 is 16.8. The van der Waals surface area contributed by atoms with E-state index in [1.54, 1.807) is 24.4 Å². The number of rotatable bonds is 7. The lowest BCUT2D eigenvalue weighted by Gasteiger charge is -2.14. The highest BCUT2D eigenvalue weighted by molar-refractivity contribution is 5.92. The maximum absolute atomic E-state index is 13.6. The van der Waals surface area contributed by atoms with Crippen LogP contribution in [0.3, 0.4) is 0 Å². The molecule has 0 saturated carbocycles. The van der Waals surface area contributed by atoms with E-state index in [0.717, 1.165) is 11.2 Å². The monoisotopic (exact) mass is 422 g/mol. The number of carbonyl (C=O) groups is 1. The van der Waals surface area contributed by atoms with E-state index in [0.29, 0.717) is 17.9 Å². The Kier molecular flexibility index (Phi) is 5.51. The van der Waals surface area contributed by atoms with Crippen molar-refractivity contribution in [3.05, 3.63) is 82.3 Å². The molecule has 4 aromatic heterocycles. The van der Waals surface area contributed by atoms with Crippen LogP contribution in [0.5, 0.6) is 0 Å². The standard InChI is InChI=1S/C22H23FN6O2/c1-22(2,23)14-24-10-15-6-7-18-26-16(13-28(18)12-15)11-25-21(31)17-9-20(30)29-8-4-3-5-19(29)27-17/h3-9,12-13,24H,10-11,14H2,1-2H3,(H,25,31). The van der Waals surface area contributed by atoms with Gasteiger partial charge >= 0.3 is 0 Å². The van der Waals surface area contributed by atoms with Crippen molar-refractivity contribution in [1.29, 1.82) is 0 Å². The van der Waals surface area contributed by atoms with Gasteiger partial charge in [0.1, 0.15) is 22.7 Å². The van der Waals surface area contributed by atoms with E-state index in [4.69, 9.17) is 0 Å². The third-order valence-electron chi connectivity index (χ3n) is 4.67. The number of alkyl halides is 1. The molecule has 8 nitrogen and oxygen atoms in total. The first-order valence-corrected chi connectivity index (χ1v) is 9.91. The lowest BCUT2D eigenvalue weighted by Crippen LogP contribution is -2.30. The van der Waals surface area contributed by atoms with Crippen LogP contribution in [-0.4, -0.2) is 36.9 Å². The van der Waals surface area contributed by atoms with Crippen LogP contribution in [0.2, 0.25) is 0 Å². The topological polar surface area (TPSA) is 92.8 Å². The number of halogens is 1. The van der Waals surface area contributed by atoms with Crippen molar-refractivity contribution in [2.24, 2.45) is 0 Å². The van der Waals surface area contributed by atoms with E-state index in [9.17, 15) is 14.0 Å². The van der Waals surface area contributed by atoms with E-state index >= 15 is 0 Å². The quantitative estimate of drug-likeness (QED) is 0.476. The number of amides is 1. The van der Waals surface area contributed by atoms with Crippen LogP contribution >= 0.6 is 0 Å². The van der Waals surface area contributed by atoms with Crippen LogP contribution in [0.25, 0.3) is 11.3 Å². The van der Waals surface area contributed by atoms with Crippen LogP contribution in [0.1, 0.15) is 35.6 Å². The fraction of sp³-hybridized carbons (Fsp3) is 0.273. The molecule has 0 atom stereocenters. The molecule has 0 fully saturated rings. The Morgan fingerprint density at radius 3 is 2.74 bits per heavy atom. The molecule has 0 saturated heterocycles. The number of aromatic nitrogens is 4. The summed E-state index contributed by atoms with van der Waals surface area (Å²) in [6, 6.07) is 10.2. The van der Waals surface area contributed by atoms with E-state index in [1.807, 2.05) is 28.9 Å². The predicted molar refractivity (Wildman–Crippen MR) is 115 cm³/mol. The molecule has 1 amide bonds. The van der Waals surface area contributed by atoms with Gasteiger partial charge in [-0.3, -0.25) is 14.0 Å². The van der Waals surface area contributed by atoms with Gasteiger partial charge in [0, 0.05) is 37.7 Å². The molecule has 0 radical (unpaired) electrons. The molecule has 0 aliphatic rings. The summed E-state index contributed by atoms with van der Waals surface area (Å²) in [5, 5.41) is 5.84. The summed E-state index contributed by atoms with van der Waals surface area (Å²) in [6.45, 7) is 4.06. The summed E-state index contributed by atoms with van der Waals surface area (Å²) >= 11 is 0. The Hall–Kier alpha value is -3.59. The highest BCUT2D eigenvalue weighted by Crippen LogP contribution is 2.10. The van der Waals surface area contributed by atoms with E-state index in [1.165, 1.54) is 24.3 Å². The summed E-state index contributed by atoms with van der Waals surface area (Å²) in [7, 11) is 0. The van der Waals surface area contributed by atoms with Crippen LogP contribution in [-0.2, 0) is 13.1 Å². The lowest BCUT2D eigenvalue weighted by molar-refractivity contribution is 0.0945. The minimum Gasteiger partial charge on any atom is -0.345 e. The molecule has 0 aromatic carbocycles. The molecule has 0 bridgehead atoms. The zero-order valence-electron chi connectivity index (χ0n) is 17.3. The fourth-order valence-electron chi connectivity index (χ4n) is 3.22. The Balaban J connectivity index is 1.43. The van der Waals surface area contributed by atoms with Crippen molar-refractivity contribution in [1.82, 2.24) is 29.4 Å². The number of nitrogens with one attached hydrogen (secondary N) is 2. The maximum Gasteiger partial charge on any atom is 0.270 e. The third-order valence-corrected chi connectivity index (χ3v) is 4.67. The normalized spacial score (nSPS) is 11.8.